The van der Waals surface area contributed by atoms with Gasteiger partial charge in [0.05, 0.1) is 13.1 Å². The first-order valence-electron chi connectivity index (χ1n) is 5.73. The highest BCUT2D eigenvalue weighted by Gasteiger charge is 1.89. The second kappa shape index (κ2) is 14.4. The van der Waals surface area contributed by atoms with Crippen molar-refractivity contribution in [2.24, 2.45) is 0 Å². The summed E-state index contributed by atoms with van der Waals surface area (Å²) in [6.45, 7) is 1.66. The first-order chi connectivity index (χ1) is 8.65. The van der Waals surface area contributed by atoms with Crippen molar-refractivity contribution < 1.29 is 41.8 Å². The predicted octanol–water partition coefficient (Wildman–Crippen LogP) is -4.65. The molecule has 2 aromatic rings. The summed E-state index contributed by atoms with van der Waals surface area (Å²) in [6, 6.07) is 15.4. The van der Waals surface area contributed by atoms with E-state index in [1.54, 1.807) is 0 Å². The molecule has 0 saturated carbocycles. The molecular weight excluding hydrogens is 354 g/mol. The molecule has 2 rings (SSSR count). The van der Waals surface area contributed by atoms with Crippen LogP contribution in [0, 0.1) is 0 Å². The van der Waals surface area contributed by atoms with Crippen LogP contribution < -0.4 is 36.3 Å². The van der Waals surface area contributed by atoms with E-state index in [0.717, 1.165) is 23.1 Å². The Bertz CT molecular complexity index is 418. The molecule has 0 fully saturated rings. The van der Waals surface area contributed by atoms with Crippen molar-refractivity contribution in [2.45, 2.75) is 13.1 Å². The highest BCUT2D eigenvalue weighted by Crippen LogP contribution is 2.08. The van der Waals surface area contributed by atoms with E-state index in [0.29, 0.717) is 0 Å². The molecule has 0 radical (unpaired) electrons. The number of halogens is 4. The quantitative estimate of drug-likeness (QED) is 0.530. The van der Waals surface area contributed by atoms with Gasteiger partial charge in [0.15, 0.2) is 0 Å². The van der Waals surface area contributed by atoms with Crippen LogP contribution in [0.15, 0.2) is 48.5 Å². The molecule has 7 heteroatoms. The number of hydrogen-bond donors (Lipinski definition) is 2. The van der Waals surface area contributed by atoms with Crippen molar-refractivity contribution in [3.05, 3.63) is 69.7 Å². The maximum absolute atomic E-state index is 5.65. The molecule has 0 saturated heterocycles. The van der Waals surface area contributed by atoms with Crippen LogP contribution in [0.25, 0.3) is 0 Å². The molecule has 2 aromatic carbocycles. The third-order valence-corrected chi connectivity index (χ3v) is 2.91. The molecule has 0 unspecified atom stereocenters. The number of hydrogen-bond acceptors (Lipinski definition) is 0. The van der Waals surface area contributed by atoms with Crippen LogP contribution in [0.5, 0.6) is 0 Å². The minimum absolute atomic E-state index is 0. The summed E-state index contributed by atoms with van der Waals surface area (Å²) in [5, 5.41) is 1.57. The maximum Gasteiger partial charge on any atom is 0.0997 e. The second-order valence-electron chi connectivity index (χ2n) is 3.75. The van der Waals surface area contributed by atoms with Crippen molar-refractivity contribution in [1.82, 2.24) is 0 Å². The third kappa shape index (κ3) is 10.8. The summed E-state index contributed by atoms with van der Waals surface area (Å²) < 4.78 is 0. The largest absolute Gasteiger partial charge is 1.00 e. The Morgan fingerprint density at radius 2 is 0.857 bits per heavy atom. The van der Waals surface area contributed by atoms with Crippen LogP contribution in [0.2, 0.25) is 10.0 Å². The van der Waals surface area contributed by atoms with Crippen molar-refractivity contribution in [2.75, 3.05) is 0 Å². The van der Waals surface area contributed by atoms with Gasteiger partial charge in [0, 0.05) is 21.2 Å². The van der Waals surface area contributed by atoms with E-state index < -0.39 is 0 Å². The van der Waals surface area contributed by atoms with Gasteiger partial charge in [-0.1, -0.05) is 47.5 Å². The molecule has 21 heavy (non-hydrogen) atoms. The Balaban J connectivity index is -0.000000270. The summed E-state index contributed by atoms with van der Waals surface area (Å²) in [5.74, 6) is 0. The van der Waals surface area contributed by atoms with Gasteiger partial charge in [-0.05, 0) is 24.3 Å². The molecule has 0 aromatic heterocycles. The van der Waals surface area contributed by atoms with Gasteiger partial charge in [0.1, 0.15) is 0 Å². The lowest BCUT2D eigenvalue weighted by Crippen LogP contribution is -3.00. The molecule has 0 aliphatic carbocycles. The van der Waals surface area contributed by atoms with Crippen LogP contribution in [-0.4, -0.2) is 5.48 Å². The second-order valence-corrected chi connectivity index (χ2v) is 4.63. The van der Waals surface area contributed by atoms with Crippen LogP contribution in [-0.2, 0) is 13.1 Å². The average molecular weight is 374 g/mol. The summed E-state index contributed by atoms with van der Waals surface area (Å²) in [7, 11) is 0. The summed E-state index contributed by atoms with van der Waals surface area (Å²) >= 11 is 11.3. The Morgan fingerprint density at radius 3 is 1.05 bits per heavy atom. The normalized spacial score (nSPS) is 8.19. The van der Waals surface area contributed by atoms with E-state index >= 15 is 0 Å². The van der Waals surface area contributed by atoms with Crippen LogP contribution in [0.3, 0.4) is 0 Å². The van der Waals surface area contributed by atoms with Gasteiger partial charge < -0.3 is 41.8 Å². The predicted molar refractivity (Wildman–Crippen MR) is 79.7 cm³/mol. The SMILES string of the molecule is O.[Cl-].[Cl-].[NH3+]Cc1ccc(Cl)cc1.[NH3+]Cc1ccc(Cl)cc1. The van der Waals surface area contributed by atoms with Gasteiger partial charge in [-0.15, -0.1) is 0 Å². The number of benzene rings is 2. The van der Waals surface area contributed by atoms with Gasteiger partial charge in [-0.3, -0.25) is 0 Å². The van der Waals surface area contributed by atoms with Gasteiger partial charge in [-0.2, -0.15) is 0 Å². The molecule has 0 spiro atoms. The fourth-order valence-corrected chi connectivity index (χ4v) is 1.55. The van der Waals surface area contributed by atoms with Crippen LogP contribution in [0.1, 0.15) is 11.1 Å². The van der Waals surface area contributed by atoms with Crippen molar-refractivity contribution >= 4 is 23.2 Å². The molecular formula is C14H20Cl4N2O. The van der Waals surface area contributed by atoms with Crippen molar-refractivity contribution in [3.8, 4) is 0 Å². The molecule has 0 heterocycles. The first-order valence-corrected chi connectivity index (χ1v) is 6.48. The van der Waals surface area contributed by atoms with Gasteiger partial charge in [0.2, 0.25) is 0 Å². The summed E-state index contributed by atoms with van der Waals surface area (Å²) in [6.07, 6.45) is 0. The molecule has 0 atom stereocenters. The van der Waals surface area contributed by atoms with Crippen molar-refractivity contribution in [1.29, 1.82) is 0 Å². The highest BCUT2D eigenvalue weighted by atomic mass is 35.5. The van der Waals surface area contributed by atoms with Crippen LogP contribution >= 0.6 is 23.2 Å². The molecule has 0 aliphatic rings. The molecule has 3 nitrogen and oxygen atoms in total. The standard InChI is InChI=1S/2C7H8ClN.2ClH.H2O/c2*8-7-3-1-6(5-9)2-4-7;;;/h2*1-4H,5,9H2;2*1H;1H2. The Morgan fingerprint density at radius 1 is 0.619 bits per heavy atom. The molecule has 0 amide bonds. The lowest BCUT2D eigenvalue weighted by atomic mass is 10.2. The monoisotopic (exact) mass is 372 g/mol. The van der Waals surface area contributed by atoms with Gasteiger partial charge >= 0.3 is 0 Å². The van der Waals surface area contributed by atoms with Crippen LogP contribution in [0.4, 0.5) is 0 Å². The Labute approximate surface area is 147 Å². The van der Waals surface area contributed by atoms with Crippen molar-refractivity contribution in [3.63, 3.8) is 0 Å². The fraction of sp³-hybridized carbons (Fsp3) is 0.143. The number of quaternary nitrogens is 2. The lowest BCUT2D eigenvalue weighted by Gasteiger charge is -1.91. The zero-order chi connectivity index (χ0) is 13.4. The zero-order valence-electron chi connectivity index (χ0n) is 11.5. The first kappa shape index (κ1) is 25.4. The zero-order valence-corrected chi connectivity index (χ0v) is 14.5. The maximum atomic E-state index is 5.65. The fourth-order valence-electron chi connectivity index (χ4n) is 1.30. The van der Waals surface area contributed by atoms with E-state index in [2.05, 4.69) is 11.5 Å². The Kier molecular flexibility index (Phi) is 17.5. The van der Waals surface area contributed by atoms with Gasteiger partial charge in [0.25, 0.3) is 0 Å². The number of rotatable bonds is 2. The van der Waals surface area contributed by atoms with E-state index in [9.17, 15) is 0 Å². The molecule has 0 bridgehead atoms. The average Bonchev–Trinajstić information content (AvgIpc) is 2.41. The van der Waals surface area contributed by atoms with E-state index in [1.165, 1.54) is 11.1 Å². The smallest absolute Gasteiger partial charge is 0.0997 e. The molecule has 120 valence electrons. The third-order valence-electron chi connectivity index (χ3n) is 2.40. The Hall–Kier alpha value is -0.520. The summed E-state index contributed by atoms with van der Waals surface area (Å²) in [4.78, 5) is 0. The topological polar surface area (TPSA) is 86.8 Å². The van der Waals surface area contributed by atoms with E-state index in [4.69, 9.17) is 23.2 Å². The van der Waals surface area contributed by atoms with E-state index in [-0.39, 0.29) is 30.3 Å². The molecule has 0 aliphatic heterocycles. The minimum atomic E-state index is 0. The minimum Gasteiger partial charge on any atom is -1.00 e. The van der Waals surface area contributed by atoms with Gasteiger partial charge in [-0.25, -0.2) is 0 Å². The molecule has 8 N–H and O–H groups in total. The summed E-state index contributed by atoms with van der Waals surface area (Å²) in [5.41, 5.74) is 9.93. The highest BCUT2D eigenvalue weighted by molar-refractivity contribution is 6.30. The van der Waals surface area contributed by atoms with E-state index in [1.807, 2.05) is 48.5 Å². The lowest BCUT2D eigenvalue weighted by molar-refractivity contribution is -0.386.